The number of hydrogen-bond acceptors (Lipinski definition) is 6. The topological polar surface area (TPSA) is 88.0 Å². The Balaban J connectivity index is 1.54. The first-order valence-corrected chi connectivity index (χ1v) is 10.9. The SMILES string of the molecule is COCOc1cc(Cl)ccc1-c1ccc(N(C)[C@@H]2C[C@H]3CCC[C@@H]([C@@H]2F)N3C(=O)O)nn1. The molecular weight excluding hydrogens is 439 g/mol. The highest BCUT2D eigenvalue weighted by Crippen LogP contribution is 2.38. The molecule has 1 N–H and O–H groups in total. The van der Waals surface area contributed by atoms with E-state index in [1.165, 1.54) is 12.0 Å². The Morgan fingerprint density at radius 2 is 2.12 bits per heavy atom. The molecule has 4 rings (SSSR count). The number of aromatic nitrogens is 2. The van der Waals surface area contributed by atoms with Crippen molar-refractivity contribution in [2.45, 2.75) is 50.0 Å². The minimum atomic E-state index is -1.29. The van der Waals surface area contributed by atoms with Gasteiger partial charge in [-0.3, -0.25) is 4.90 Å². The number of alkyl halides is 1. The van der Waals surface area contributed by atoms with Crippen molar-refractivity contribution in [3.05, 3.63) is 35.4 Å². The number of nitrogens with zero attached hydrogens (tertiary/aromatic N) is 4. The molecule has 172 valence electrons. The average molecular weight is 465 g/mol. The van der Waals surface area contributed by atoms with Gasteiger partial charge in [0, 0.05) is 30.8 Å². The fraction of sp³-hybridized carbons (Fsp3) is 0.500. The molecule has 10 heteroatoms. The van der Waals surface area contributed by atoms with Crippen LogP contribution >= 0.6 is 11.6 Å². The van der Waals surface area contributed by atoms with Gasteiger partial charge in [0.25, 0.3) is 0 Å². The second-order valence-corrected chi connectivity index (χ2v) is 8.60. The van der Waals surface area contributed by atoms with Gasteiger partial charge in [0.2, 0.25) is 0 Å². The first-order valence-electron chi connectivity index (χ1n) is 10.5. The van der Waals surface area contributed by atoms with E-state index in [4.69, 9.17) is 21.1 Å². The molecule has 2 fully saturated rings. The van der Waals surface area contributed by atoms with Crippen LogP contribution in [0, 0.1) is 0 Å². The summed E-state index contributed by atoms with van der Waals surface area (Å²) in [5.74, 6) is 1.05. The normalized spacial score (nSPS) is 24.8. The van der Waals surface area contributed by atoms with Crippen LogP contribution < -0.4 is 9.64 Å². The van der Waals surface area contributed by atoms with Crippen molar-refractivity contribution in [3.8, 4) is 17.0 Å². The number of fused-ring (bicyclic) bond motifs is 2. The lowest BCUT2D eigenvalue weighted by Crippen LogP contribution is -2.64. The Morgan fingerprint density at radius 1 is 1.31 bits per heavy atom. The van der Waals surface area contributed by atoms with Crippen LogP contribution in [0.1, 0.15) is 25.7 Å². The summed E-state index contributed by atoms with van der Waals surface area (Å²) in [5.41, 5.74) is 1.29. The number of amides is 1. The zero-order valence-electron chi connectivity index (χ0n) is 17.9. The fourth-order valence-corrected chi connectivity index (χ4v) is 4.93. The molecule has 0 unspecified atom stereocenters. The molecule has 2 saturated heterocycles. The molecule has 2 aliphatic rings. The van der Waals surface area contributed by atoms with Crippen LogP contribution in [0.15, 0.2) is 30.3 Å². The van der Waals surface area contributed by atoms with E-state index in [0.717, 1.165) is 12.8 Å². The largest absolute Gasteiger partial charge is 0.467 e. The van der Waals surface area contributed by atoms with Crippen molar-refractivity contribution in [1.82, 2.24) is 15.1 Å². The third-order valence-corrected chi connectivity index (χ3v) is 6.55. The number of piperidine rings is 2. The molecule has 32 heavy (non-hydrogen) atoms. The molecule has 0 radical (unpaired) electrons. The maximum Gasteiger partial charge on any atom is 0.407 e. The van der Waals surface area contributed by atoms with Gasteiger partial charge in [0.05, 0.1) is 17.8 Å². The standard InChI is InChI=1S/C22H26ClFN4O4/c1-27(18-11-14-4-3-5-17(21(18)24)28(14)22(29)30)20-9-8-16(25-26-20)15-7-6-13(23)10-19(15)32-12-31-2/h6-10,14,17-18,21H,3-5,11-12H2,1-2H3,(H,29,30)/t14-,17+,18-,21+/m1/s1. The van der Waals surface area contributed by atoms with Crippen molar-refractivity contribution in [3.63, 3.8) is 0 Å². The van der Waals surface area contributed by atoms with E-state index in [-0.39, 0.29) is 12.8 Å². The summed E-state index contributed by atoms with van der Waals surface area (Å²) >= 11 is 6.08. The summed E-state index contributed by atoms with van der Waals surface area (Å²) in [4.78, 5) is 14.7. The second-order valence-electron chi connectivity index (χ2n) is 8.17. The summed E-state index contributed by atoms with van der Waals surface area (Å²) < 4.78 is 26.0. The number of ether oxygens (including phenoxy) is 2. The van der Waals surface area contributed by atoms with Gasteiger partial charge in [-0.15, -0.1) is 10.2 Å². The predicted molar refractivity (Wildman–Crippen MR) is 118 cm³/mol. The molecule has 3 heterocycles. The van der Waals surface area contributed by atoms with E-state index >= 15 is 4.39 Å². The predicted octanol–water partition coefficient (Wildman–Crippen LogP) is 4.23. The molecule has 2 bridgehead atoms. The monoisotopic (exact) mass is 464 g/mol. The lowest BCUT2D eigenvalue weighted by molar-refractivity contribution is -0.0127. The molecule has 2 aromatic rings. The number of benzene rings is 1. The highest BCUT2D eigenvalue weighted by atomic mass is 35.5. The van der Waals surface area contributed by atoms with Crippen molar-refractivity contribution < 1.29 is 23.8 Å². The Kier molecular flexibility index (Phi) is 6.66. The molecule has 1 aromatic carbocycles. The van der Waals surface area contributed by atoms with E-state index in [0.29, 0.717) is 40.7 Å². The van der Waals surface area contributed by atoms with E-state index in [9.17, 15) is 9.90 Å². The number of carbonyl (C=O) groups is 1. The summed E-state index contributed by atoms with van der Waals surface area (Å²) in [6, 6.07) is 7.53. The fourth-order valence-electron chi connectivity index (χ4n) is 4.77. The van der Waals surface area contributed by atoms with Crippen LogP contribution in [0.2, 0.25) is 5.02 Å². The minimum Gasteiger partial charge on any atom is -0.467 e. The molecule has 0 aliphatic carbocycles. The van der Waals surface area contributed by atoms with Gasteiger partial charge in [-0.2, -0.15) is 0 Å². The summed E-state index contributed by atoms with van der Waals surface area (Å²) in [7, 11) is 3.31. The van der Waals surface area contributed by atoms with Gasteiger partial charge in [-0.05, 0) is 56.0 Å². The number of methoxy groups -OCH3 is 1. The lowest BCUT2D eigenvalue weighted by Gasteiger charge is -2.51. The Morgan fingerprint density at radius 3 is 2.81 bits per heavy atom. The van der Waals surface area contributed by atoms with Gasteiger partial charge >= 0.3 is 6.09 Å². The maximum atomic E-state index is 15.4. The number of carboxylic acid groups (broad SMARTS) is 1. The number of anilines is 1. The summed E-state index contributed by atoms with van der Waals surface area (Å²) in [6.07, 6.45) is 0.238. The zero-order valence-corrected chi connectivity index (χ0v) is 18.7. The van der Waals surface area contributed by atoms with Crippen LogP contribution in [0.4, 0.5) is 15.0 Å². The quantitative estimate of drug-likeness (QED) is 0.640. The first-order chi connectivity index (χ1) is 15.4. The van der Waals surface area contributed by atoms with Gasteiger partial charge in [-0.25, -0.2) is 9.18 Å². The highest BCUT2D eigenvalue weighted by molar-refractivity contribution is 6.30. The number of halogens is 2. The van der Waals surface area contributed by atoms with Crippen molar-refractivity contribution in [2.75, 3.05) is 25.9 Å². The average Bonchev–Trinajstić information content (AvgIpc) is 2.79. The lowest BCUT2D eigenvalue weighted by atomic mass is 9.80. The number of hydrogen-bond donors (Lipinski definition) is 1. The minimum absolute atomic E-state index is 0.0663. The molecule has 0 spiro atoms. The molecule has 8 nitrogen and oxygen atoms in total. The Bertz CT molecular complexity index is 963. The van der Waals surface area contributed by atoms with Crippen LogP contribution in [0.25, 0.3) is 11.3 Å². The van der Waals surface area contributed by atoms with Gasteiger partial charge < -0.3 is 19.5 Å². The van der Waals surface area contributed by atoms with Crippen LogP contribution in [-0.2, 0) is 4.74 Å². The van der Waals surface area contributed by atoms with E-state index in [1.54, 1.807) is 42.3 Å². The van der Waals surface area contributed by atoms with E-state index in [1.807, 2.05) is 0 Å². The van der Waals surface area contributed by atoms with Crippen LogP contribution in [-0.4, -0.2) is 71.5 Å². The zero-order chi connectivity index (χ0) is 22.8. The smallest absolute Gasteiger partial charge is 0.407 e. The van der Waals surface area contributed by atoms with Crippen LogP contribution in [0.5, 0.6) is 5.75 Å². The molecule has 1 amide bonds. The molecule has 2 aliphatic heterocycles. The molecule has 4 atom stereocenters. The molecule has 0 saturated carbocycles. The van der Waals surface area contributed by atoms with Crippen molar-refractivity contribution >= 4 is 23.5 Å². The Hall–Kier alpha value is -2.65. The van der Waals surface area contributed by atoms with Crippen LogP contribution in [0.3, 0.4) is 0 Å². The highest BCUT2D eigenvalue weighted by Gasteiger charge is 2.49. The van der Waals surface area contributed by atoms with E-state index in [2.05, 4.69) is 10.2 Å². The van der Waals surface area contributed by atoms with Gasteiger partial charge in [-0.1, -0.05) is 11.6 Å². The maximum absolute atomic E-state index is 15.4. The number of rotatable bonds is 6. The first kappa shape index (κ1) is 22.5. The van der Waals surface area contributed by atoms with Gasteiger partial charge in [0.15, 0.2) is 12.6 Å². The molecule has 1 aromatic heterocycles. The summed E-state index contributed by atoms with van der Waals surface area (Å²) in [6.45, 7) is 0.0663. The van der Waals surface area contributed by atoms with Gasteiger partial charge in [0.1, 0.15) is 11.9 Å². The molecular formula is C22H26ClFN4O4. The third kappa shape index (κ3) is 4.31. The third-order valence-electron chi connectivity index (χ3n) is 6.32. The second kappa shape index (κ2) is 9.46. The van der Waals surface area contributed by atoms with E-state index < -0.39 is 24.3 Å². The Labute approximate surface area is 190 Å². The summed E-state index contributed by atoms with van der Waals surface area (Å²) in [5, 5.41) is 18.7. The van der Waals surface area contributed by atoms with Crippen molar-refractivity contribution in [2.24, 2.45) is 0 Å². The van der Waals surface area contributed by atoms with Crippen molar-refractivity contribution in [1.29, 1.82) is 0 Å².